The van der Waals surface area contributed by atoms with Gasteiger partial charge in [-0.3, -0.25) is 0 Å². The minimum absolute atomic E-state index is 0. The zero-order valence-electron chi connectivity index (χ0n) is 1.80. The van der Waals surface area contributed by atoms with E-state index in [1.54, 1.807) is 0 Å². The molecule has 0 atom stereocenters. The van der Waals surface area contributed by atoms with Crippen molar-refractivity contribution in [2.45, 2.75) is 0 Å². The molecule has 0 aromatic rings. The van der Waals surface area contributed by atoms with E-state index in [0.29, 0.717) is 0 Å². The van der Waals surface area contributed by atoms with E-state index in [9.17, 15) is 0 Å². The highest BCUT2D eigenvalue weighted by Crippen LogP contribution is 1.81. The summed E-state index contributed by atoms with van der Waals surface area (Å²) in [6.45, 7) is 0. The van der Waals surface area contributed by atoms with Gasteiger partial charge in [0.1, 0.15) is 9.03 Å². The second-order valence-corrected chi connectivity index (χ2v) is 0.300. The maximum atomic E-state index is 7.15. The van der Waals surface area contributed by atoms with Gasteiger partial charge in [-0.15, -0.1) is 12.4 Å². The predicted molar refractivity (Wildman–Crippen MR) is 20.0 cm³/mol. The van der Waals surface area contributed by atoms with Gasteiger partial charge in [-0.2, -0.15) is 0 Å². The van der Waals surface area contributed by atoms with E-state index in [2.05, 4.69) is 0 Å². The van der Waals surface area contributed by atoms with Crippen LogP contribution in [0.15, 0.2) is 0 Å². The molecule has 0 aromatic carbocycles. The highest BCUT2D eigenvalue weighted by molar-refractivity contribution is 7.23. The second-order valence-electron chi connectivity index (χ2n) is 0.100. The molecule has 2 N–H and O–H groups in total. The number of halogens is 1. The molecular formula is H4ClO2P. The SMILES string of the molecule is Cl.OPO. The lowest BCUT2D eigenvalue weighted by molar-refractivity contribution is 0.513. The smallest absolute Gasteiger partial charge is 0.149 e. The Morgan fingerprint density at radius 1 is 1.25 bits per heavy atom. The number of rotatable bonds is 0. The van der Waals surface area contributed by atoms with E-state index >= 15 is 0 Å². The average molecular weight is 102 g/mol. The molecule has 0 aliphatic rings. The van der Waals surface area contributed by atoms with Crippen LogP contribution in [-0.2, 0) is 0 Å². The molecule has 28 valence electrons. The first kappa shape index (κ1) is 8.82. The summed E-state index contributed by atoms with van der Waals surface area (Å²) in [6.07, 6.45) is 0. The summed E-state index contributed by atoms with van der Waals surface area (Å²) in [4.78, 5) is 14.3. The molecule has 4 heavy (non-hydrogen) atoms. The molecule has 0 bridgehead atoms. The van der Waals surface area contributed by atoms with E-state index < -0.39 is 9.03 Å². The summed E-state index contributed by atoms with van der Waals surface area (Å²) in [5, 5.41) is 0. The number of hydrogen-bond acceptors (Lipinski definition) is 2. The van der Waals surface area contributed by atoms with Gasteiger partial charge in [0.2, 0.25) is 0 Å². The topological polar surface area (TPSA) is 40.5 Å². The minimum atomic E-state index is -0.917. The monoisotopic (exact) mass is 102 g/mol. The Morgan fingerprint density at radius 3 is 1.25 bits per heavy atom. The van der Waals surface area contributed by atoms with Crippen molar-refractivity contribution >= 4 is 21.4 Å². The quantitative estimate of drug-likeness (QED) is 0.420. The lowest BCUT2D eigenvalue weighted by Crippen LogP contribution is -1.24. The normalized spacial score (nSPS) is 4.50. The van der Waals surface area contributed by atoms with Crippen LogP contribution in [0.3, 0.4) is 0 Å². The second kappa shape index (κ2) is 9.43. The van der Waals surface area contributed by atoms with E-state index in [4.69, 9.17) is 9.79 Å². The molecular weight excluding hydrogens is 98.4 g/mol. The van der Waals surface area contributed by atoms with Crippen LogP contribution < -0.4 is 0 Å². The van der Waals surface area contributed by atoms with Crippen molar-refractivity contribution in [3.05, 3.63) is 0 Å². The predicted octanol–water partition coefficient (Wildman–Crippen LogP) is -0.0987. The van der Waals surface area contributed by atoms with Crippen LogP contribution in [0, 0.1) is 0 Å². The third kappa shape index (κ3) is 17.3. The van der Waals surface area contributed by atoms with Gasteiger partial charge in [0.15, 0.2) is 0 Å². The maximum Gasteiger partial charge on any atom is 0.149 e. The van der Waals surface area contributed by atoms with Crippen molar-refractivity contribution in [1.29, 1.82) is 0 Å². The lowest BCUT2D eigenvalue weighted by Gasteiger charge is -1.54. The highest BCUT2D eigenvalue weighted by atomic mass is 35.5. The molecule has 2 nitrogen and oxygen atoms in total. The van der Waals surface area contributed by atoms with Crippen LogP contribution in [-0.4, -0.2) is 9.79 Å². The molecule has 0 aromatic heterocycles. The van der Waals surface area contributed by atoms with E-state index in [1.165, 1.54) is 0 Å². The van der Waals surface area contributed by atoms with Crippen LogP contribution in [0.2, 0.25) is 0 Å². The summed E-state index contributed by atoms with van der Waals surface area (Å²) in [7, 11) is -0.917. The maximum absolute atomic E-state index is 7.15. The van der Waals surface area contributed by atoms with Gasteiger partial charge in [0.05, 0.1) is 0 Å². The first-order valence-corrected chi connectivity index (χ1v) is 1.34. The van der Waals surface area contributed by atoms with Crippen molar-refractivity contribution in [3.8, 4) is 0 Å². The molecule has 0 heterocycles. The molecule has 0 unspecified atom stereocenters. The Balaban J connectivity index is 0. The van der Waals surface area contributed by atoms with Crippen LogP contribution >= 0.6 is 21.4 Å². The summed E-state index contributed by atoms with van der Waals surface area (Å²) in [6, 6.07) is 0. The Hall–Kier alpha value is 0.640. The third-order valence-electron chi connectivity index (χ3n) is 0. The van der Waals surface area contributed by atoms with E-state index in [1.807, 2.05) is 0 Å². The zero-order valence-corrected chi connectivity index (χ0v) is 3.62. The molecule has 0 saturated heterocycles. The number of hydrogen-bond donors (Lipinski definition) is 2. The summed E-state index contributed by atoms with van der Waals surface area (Å²) >= 11 is 0. The molecule has 0 amide bonds. The van der Waals surface area contributed by atoms with Gasteiger partial charge in [0, 0.05) is 0 Å². The van der Waals surface area contributed by atoms with Crippen molar-refractivity contribution in [2.24, 2.45) is 0 Å². The Morgan fingerprint density at radius 2 is 1.25 bits per heavy atom. The fraction of sp³-hybridized carbons (Fsp3) is 0. The zero-order chi connectivity index (χ0) is 2.71. The van der Waals surface area contributed by atoms with Crippen molar-refractivity contribution in [2.75, 3.05) is 0 Å². The Kier molecular flexibility index (Phi) is 20.8. The molecule has 0 rings (SSSR count). The Labute approximate surface area is 32.2 Å². The summed E-state index contributed by atoms with van der Waals surface area (Å²) in [5.41, 5.74) is 0. The van der Waals surface area contributed by atoms with E-state index in [-0.39, 0.29) is 12.4 Å². The third-order valence-corrected chi connectivity index (χ3v) is 0. The largest absolute Gasteiger partial charge is 0.352 e. The minimum Gasteiger partial charge on any atom is -0.352 e. The Bertz CT molecular complexity index is 6.00. The van der Waals surface area contributed by atoms with Crippen molar-refractivity contribution in [1.82, 2.24) is 0 Å². The van der Waals surface area contributed by atoms with Crippen LogP contribution in [0.25, 0.3) is 0 Å². The molecule has 0 spiro atoms. The summed E-state index contributed by atoms with van der Waals surface area (Å²) < 4.78 is 0. The van der Waals surface area contributed by atoms with E-state index in [0.717, 1.165) is 0 Å². The molecule has 0 aliphatic heterocycles. The van der Waals surface area contributed by atoms with Crippen LogP contribution in [0.5, 0.6) is 0 Å². The first-order valence-electron chi connectivity index (χ1n) is 0.447. The molecule has 0 saturated carbocycles. The first-order chi connectivity index (χ1) is 1.41. The van der Waals surface area contributed by atoms with Gasteiger partial charge in [-0.05, 0) is 0 Å². The molecule has 0 fully saturated rings. The molecule has 0 aliphatic carbocycles. The van der Waals surface area contributed by atoms with Gasteiger partial charge in [-0.1, -0.05) is 0 Å². The fourth-order valence-corrected chi connectivity index (χ4v) is 0. The fourth-order valence-electron chi connectivity index (χ4n) is 0. The van der Waals surface area contributed by atoms with Gasteiger partial charge >= 0.3 is 0 Å². The lowest BCUT2D eigenvalue weighted by atomic mass is 15.9. The van der Waals surface area contributed by atoms with Crippen LogP contribution in [0.4, 0.5) is 0 Å². The van der Waals surface area contributed by atoms with Crippen LogP contribution in [0.1, 0.15) is 0 Å². The van der Waals surface area contributed by atoms with Crippen molar-refractivity contribution in [3.63, 3.8) is 0 Å². The van der Waals surface area contributed by atoms with Gasteiger partial charge in [0.25, 0.3) is 0 Å². The highest BCUT2D eigenvalue weighted by Gasteiger charge is 1.34. The van der Waals surface area contributed by atoms with Crippen molar-refractivity contribution < 1.29 is 9.79 Å². The van der Waals surface area contributed by atoms with Gasteiger partial charge < -0.3 is 9.79 Å². The summed E-state index contributed by atoms with van der Waals surface area (Å²) in [5.74, 6) is 0. The standard InChI is InChI=1S/ClH.H3O2P/c;1-3-2/h1H;1-3H. The molecule has 0 radical (unpaired) electrons. The average Bonchev–Trinajstić information content (AvgIpc) is 0.918. The van der Waals surface area contributed by atoms with Gasteiger partial charge in [-0.25, -0.2) is 0 Å². The molecule has 4 heteroatoms.